The maximum atomic E-state index is 5.31. The molecule has 2 aromatic rings. The topological polar surface area (TPSA) is 34.1 Å². The van der Waals surface area contributed by atoms with E-state index in [1.165, 1.54) is 43.9 Å². The second-order valence-corrected chi connectivity index (χ2v) is 5.97. The molecule has 0 atom stereocenters. The number of fused-ring (bicyclic) bond motifs is 1. The zero-order valence-electron chi connectivity index (χ0n) is 12.8. The van der Waals surface area contributed by atoms with Crippen molar-refractivity contribution in [3.63, 3.8) is 0 Å². The first-order chi connectivity index (χ1) is 10.4. The first-order valence-corrected chi connectivity index (χ1v) is 8.03. The van der Waals surface area contributed by atoms with Crippen LogP contribution >= 0.6 is 0 Å². The summed E-state index contributed by atoms with van der Waals surface area (Å²) in [6.45, 7) is 1.000. The fourth-order valence-electron chi connectivity index (χ4n) is 3.31. The Kier molecular flexibility index (Phi) is 4.59. The van der Waals surface area contributed by atoms with E-state index in [9.17, 15) is 0 Å². The van der Waals surface area contributed by atoms with E-state index in [-0.39, 0.29) is 0 Å². The van der Waals surface area contributed by atoms with Gasteiger partial charge in [-0.1, -0.05) is 31.7 Å². The SMILES string of the molecule is COc1ccc2ccnc(NCCCC3CCCC3)c2c1. The molecule has 21 heavy (non-hydrogen) atoms. The summed E-state index contributed by atoms with van der Waals surface area (Å²) < 4.78 is 5.31. The second-order valence-electron chi connectivity index (χ2n) is 5.97. The standard InChI is InChI=1S/C18H24N2O/c1-21-16-9-8-15-10-12-20-18(17(15)13-16)19-11-4-7-14-5-2-3-6-14/h8-10,12-14H,2-7,11H2,1H3,(H,19,20). The molecular weight excluding hydrogens is 260 g/mol. The number of hydrogen-bond donors (Lipinski definition) is 1. The lowest BCUT2D eigenvalue weighted by Gasteiger charge is -2.11. The summed E-state index contributed by atoms with van der Waals surface area (Å²) in [5, 5.41) is 5.83. The highest BCUT2D eigenvalue weighted by Gasteiger charge is 2.14. The number of hydrogen-bond acceptors (Lipinski definition) is 3. The maximum absolute atomic E-state index is 5.31. The van der Waals surface area contributed by atoms with E-state index >= 15 is 0 Å². The van der Waals surface area contributed by atoms with Crippen LogP contribution in [0.4, 0.5) is 5.82 Å². The summed E-state index contributed by atoms with van der Waals surface area (Å²) in [7, 11) is 1.70. The fraction of sp³-hybridized carbons (Fsp3) is 0.500. The number of methoxy groups -OCH3 is 1. The number of ether oxygens (including phenoxy) is 1. The van der Waals surface area contributed by atoms with Crippen molar-refractivity contribution in [3.05, 3.63) is 30.5 Å². The van der Waals surface area contributed by atoms with Crippen molar-refractivity contribution in [3.8, 4) is 5.75 Å². The summed E-state index contributed by atoms with van der Waals surface area (Å²) in [6, 6.07) is 8.17. The molecule has 1 heterocycles. The molecule has 0 radical (unpaired) electrons. The number of nitrogens with one attached hydrogen (secondary N) is 1. The molecule has 0 spiro atoms. The zero-order valence-corrected chi connectivity index (χ0v) is 12.8. The van der Waals surface area contributed by atoms with Gasteiger partial charge in [-0.3, -0.25) is 0 Å². The number of nitrogens with zero attached hydrogens (tertiary/aromatic N) is 1. The molecule has 1 fully saturated rings. The van der Waals surface area contributed by atoms with Crippen molar-refractivity contribution in [2.75, 3.05) is 19.0 Å². The number of pyridine rings is 1. The number of anilines is 1. The van der Waals surface area contributed by atoms with E-state index in [0.29, 0.717) is 0 Å². The van der Waals surface area contributed by atoms with Crippen molar-refractivity contribution in [2.45, 2.75) is 38.5 Å². The Labute approximate surface area is 126 Å². The predicted octanol–water partition coefficient (Wildman–Crippen LogP) is 4.63. The van der Waals surface area contributed by atoms with Crippen LogP contribution in [-0.4, -0.2) is 18.6 Å². The van der Waals surface area contributed by atoms with Gasteiger partial charge in [0.25, 0.3) is 0 Å². The van der Waals surface area contributed by atoms with Gasteiger partial charge in [0.1, 0.15) is 11.6 Å². The average molecular weight is 284 g/mol. The van der Waals surface area contributed by atoms with Gasteiger partial charge in [0.05, 0.1) is 7.11 Å². The van der Waals surface area contributed by atoms with E-state index < -0.39 is 0 Å². The highest BCUT2D eigenvalue weighted by molar-refractivity contribution is 5.92. The molecule has 3 nitrogen and oxygen atoms in total. The molecule has 0 amide bonds. The molecule has 0 bridgehead atoms. The lowest BCUT2D eigenvalue weighted by Crippen LogP contribution is -2.06. The summed E-state index contributed by atoms with van der Waals surface area (Å²) in [5.41, 5.74) is 0. The molecular formula is C18H24N2O. The largest absolute Gasteiger partial charge is 0.497 e. The van der Waals surface area contributed by atoms with Crippen LogP contribution in [0, 0.1) is 5.92 Å². The summed E-state index contributed by atoms with van der Waals surface area (Å²) in [6.07, 6.45) is 10.2. The van der Waals surface area contributed by atoms with Gasteiger partial charge < -0.3 is 10.1 Å². The molecule has 1 N–H and O–H groups in total. The molecule has 3 heteroatoms. The maximum Gasteiger partial charge on any atom is 0.133 e. The average Bonchev–Trinajstić information content (AvgIpc) is 3.04. The monoisotopic (exact) mass is 284 g/mol. The van der Waals surface area contributed by atoms with Gasteiger partial charge >= 0.3 is 0 Å². The van der Waals surface area contributed by atoms with Crippen LogP contribution in [0.25, 0.3) is 10.8 Å². The van der Waals surface area contributed by atoms with Gasteiger partial charge in [0.2, 0.25) is 0 Å². The van der Waals surface area contributed by atoms with Crippen LogP contribution in [0.1, 0.15) is 38.5 Å². The minimum atomic E-state index is 0.879. The Balaban J connectivity index is 1.62. The van der Waals surface area contributed by atoms with Crippen LogP contribution in [-0.2, 0) is 0 Å². The third-order valence-electron chi connectivity index (χ3n) is 4.53. The minimum absolute atomic E-state index is 0.879. The summed E-state index contributed by atoms with van der Waals surface area (Å²) in [4.78, 5) is 4.48. The smallest absolute Gasteiger partial charge is 0.133 e. The van der Waals surface area contributed by atoms with E-state index in [0.717, 1.165) is 29.4 Å². The highest BCUT2D eigenvalue weighted by atomic mass is 16.5. The van der Waals surface area contributed by atoms with Crippen molar-refractivity contribution in [1.82, 2.24) is 4.98 Å². The third kappa shape index (κ3) is 3.46. The Morgan fingerprint density at radius 2 is 2.10 bits per heavy atom. The van der Waals surface area contributed by atoms with Gasteiger partial charge in [0.15, 0.2) is 0 Å². The molecule has 0 saturated heterocycles. The predicted molar refractivity (Wildman–Crippen MR) is 88.0 cm³/mol. The Hall–Kier alpha value is -1.77. The number of benzene rings is 1. The van der Waals surface area contributed by atoms with Crippen LogP contribution in [0.5, 0.6) is 5.75 Å². The number of rotatable bonds is 6. The first kappa shape index (κ1) is 14.2. The molecule has 1 aliphatic rings. The van der Waals surface area contributed by atoms with E-state index in [2.05, 4.69) is 22.4 Å². The Morgan fingerprint density at radius 1 is 1.24 bits per heavy atom. The number of aromatic nitrogens is 1. The van der Waals surface area contributed by atoms with E-state index in [1.54, 1.807) is 7.11 Å². The van der Waals surface area contributed by atoms with Crippen LogP contribution < -0.4 is 10.1 Å². The van der Waals surface area contributed by atoms with Crippen molar-refractivity contribution < 1.29 is 4.74 Å². The Morgan fingerprint density at radius 3 is 2.90 bits per heavy atom. The van der Waals surface area contributed by atoms with Crippen LogP contribution in [0.3, 0.4) is 0 Å². The van der Waals surface area contributed by atoms with Gasteiger partial charge in [-0.2, -0.15) is 0 Å². The van der Waals surface area contributed by atoms with Crippen LogP contribution in [0.2, 0.25) is 0 Å². The summed E-state index contributed by atoms with van der Waals surface area (Å²) >= 11 is 0. The molecule has 1 aliphatic carbocycles. The van der Waals surface area contributed by atoms with Crippen molar-refractivity contribution in [2.24, 2.45) is 5.92 Å². The lowest BCUT2D eigenvalue weighted by atomic mass is 10.0. The van der Waals surface area contributed by atoms with E-state index in [4.69, 9.17) is 4.74 Å². The molecule has 112 valence electrons. The normalized spacial score (nSPS) is 15.5. The van der Waals surface area contributed by atoms with Gasteiger partial charge in [0, 0.05) is 18.1 Å². The molecule has 1 aromatic carbocycles. The van der Waals surface area contributed by atoms with Crippen LogP contribution in [0.15, 0.2) is 30.5 Å². The molecule has 1 aromatic heterocycles. The van der Waals surface area contributed by atoms with Crippen molar-refractivity contribution in [1.29, 1.82) is 0 Å². The minimum Gasteiger partial charge on any atom is -0.497 e. The van der Waals surface area contributed by atoms with Gasteiger partial charge in [-0.25, -0.2) is 4.98 Å². The van der Waals surface area contributed by atoms with Gasteiger partial charge in [-0.15, -0.1) is 0 Å². The summed E-state index contributed by atoms with van der Waals surface area (Å²) in [5.74, 6) is 2.81. The quantitative estimate of drug-likeness (QED) is 0.786. The second kappa shape index (κ2) is 6.79. The van der Waals surface area contributed by atoms with E-state index in [1.807, 2.05) is 18.3 Å². The molecule has 3 rings (SSSR count). The lowest BCUT2D eigenvalue weighted by molar-refractivity contribution is 0.415. The first-order valence-electron chi connectivity index (χ1n) is 8.03. The Bertz CT molecular complexity index is 591. The van der Waals surface area contributed by atoms with Gasteiger partial charge in [-0.05, 0) is 42.3 Å². The highest BCUT2D eigenvalue weighted by Crippen LogP contribution is 2.29. The zero-order chi connectivity index (χ0) is 14.5. The van der Waals surface area contributed by atoms with Crippen molar-refractivity contribution >= 4 is 16.6 Å². The fourth-order valence-corrected chi connectivity index (χ4v) is 3.31. The molecule has 1 saturated carbocycles. The third-order valence-corrected chi connectivity index (χ3v) is 4.53. The molecule has 0 aliphatic heterocycles. The molecule has 0 unspecified atom stereocenters.